The number of carbonyl (C=O) groups is 3. The number of nitrogens with one attached hydrogen (secondary N) is 1. The van der Waals surface area contributed by atoms with Crippen LogP contribution in [-0.2, 0) is 25.2 Å². The van der Waals surface area contributed by atoms with Gasteiger partial charge in [0.25, 0.3) is 0 Å². The summed E-state index contributed by atoms with van der Waals surface area (Å²) in [6, 6.07) is 3.26. The summed E-state index contributed by atoms with van der Waals surface area (Å²) in [5.41, 5.74) is -3.20. The number of alkyl carbamates (subject to hydrolysis) is 1. The Bertz CT molecular complexity index is 1260. The van der Waals surface area contributed by atoms with Gasteiger partial charge in [-0.2, -0.15) is 13.2 Å². The Morgan fingerprint density at radius 3 is 1.95 bits per heavy atom. The highest BCUT2D eigenvalue weighted by molar-refractivity contribution is 9.11. The van der Waals surface area contributed by atoms with Crippen LogP contribution in [0.4, 0.5) is 27.9 Å². The van der Waals surface area contributed by atoms with E-state index in [2.05, 4.69) is 26.2 Å². The molecule has 43 heavy (non-hydrogen) atoms. The van der Waals surface area contributed by atoms with Crippen molar-refractivity contribution in [1.29, 1.82) is 0 Å². The summed E-state index contributed by atoms with van der Waals surface area (Å²) in [4.78, 5) is 44.7. The first-order valence-corrected chi connectivity index (χ1v) is 15.0. The number of anilines is 1. The molecule has 0 saturated carbocycles. The average Bonchev–Trinajstić information content (AvgIpc) is 3.24. The van der Waals surface area contributed by atoms with Crippen LogP contribution in [0.5, 0.6) is 0 Å². The first-order chi connectivity index (χ1) is 19.5. The van der Waals surface area contributed by atoms with Gasteiger partial charge in [-0.05, 0) is 95.9 Å². The molecule has 1 heterocycles. The normalized spacial score (nSPS) is 14.0. The zero-order valence-electron chi connectivity index (χ0n) is 25.7. The summed E-state index contributed by atoms with van der Waals surface area (Å²) in [7, 11) is 0. The molecule has 0 bridgehead atoms. The summed E-state index contributed by atoms with van der Waals surface area (Å²) in [5, 5.41) is 2.98. The van der Waals surface area contributed by atoms with Crippen LogP contribution >= 0.6 is 27.3 Å². The molecule has 2 atom stereocenters. The molecule has 2 rings (SSSR count). The van der Waals surface area contributed by atoms with Gasteiger partial charge in [0, 0.05) is 5.92 Å². The predicted molar refractivity (Wildman–Crippen MR) is 161 cm³/mol. The van der Waals surface area contributed by atoms with Crippen LogP contribution in [0, 0.1) is 5.41 Å². The SMILES string of the molecule is CC(C)(C)OC(=O)N[C@H](CN(C(=O)OC(C)(C)C)c1ncc(Br)s1)[C@@H](COC(=O)C(C)(C)C)c1ccc(C(F)(F)F)cc1. The Labute approximate surface area is 262 Å². The van der Waals surface area contributed by atoms with Gasteiger partial charge in [-0.15, -0.1) is 0 Å². The molecule has 0 aliphatic heterocycles. The number of aromatic nitrogens is 1. The third-order valence-electron chi connectivity index (χ3n) is 5.55. The van der Waals surface area contributed by atoms with Crippen LogP contribution in [0.15, 0.2) is 34.2 Å². The minimum Gasteiger partial charge on any atom is -0.465 e. The van der Waals surface area contributed by atoms with Gasteiger partial charge in [0.05, 0.1) is 33.5 Å². The van der Waals surface area contributed by atoms with E-state index in [1.165, 1.54) is 23.2 Å². The van der Waals surface area contributed by atoms with Gasteiger partial charge in [-0.1, -0.05) is 23.5 Å². The monoisotopic (exact) mass is 693 g/mol. The molecule has 0 fully saturated rings. The number of esters is 1. The minimum absolute atomic E-state index is 0.231. The summed E-state index contributed by atoms with van der Waals surface area (Å²) in [5.74, 6) is -1.48. The fourth-order valence-corrected chi connectivity index (χ4v) is 4.77. The van der Waals surface area contributed by atoms with Crippen molar-refractivity contribution in [2.45, 2.75) is 91.7 Å². The Morgan fingerprint density at radius 1 is 0.953 bits per heavy atom. The van der Waals surface area contributed by atoms with Gasteiger partial charge in [0.1, 0.15) is 17.8 Å². The second-order valence-electron chi connectivity index (χ2n) is 12.9. The lowest BCUT2D eigenvalue weighted by Gasteiger charge is -2.34. The third kappa shape index (κ3) is 12.0. The number of amides is 2. The molecule has 9 nitrogen and oxygen atoms in total. The van der Waals surface area contributed by atoms with Crippen LogP contribution in [0.25, 0.3) is 0 Å². The molecular formula is C29H39BrF3N3O6S. The molecule has 2 aromatic rings. The quantitative estimate of drug-likeness (QED) is 0.221. The van der Waals surface area contributed by atoms with Gasteiger partial charge in [-0.25, -0.2) is 14.6 Å². The lowest BCUT2D eigenvalue weighted by molar-refractivity contribution is -0.153. The lowest BCUT2D eigenvalue weighted by Crippen LogP contribution is -2.52. The number of alkyl halides is 3. The molecule has 0 radical (unpaired) electrons. The smallest absolute Gasteiger partial charge is 0.416 e. The number of benzene rings is 1. The number of ether oxygens (including phenoxy) is 3. The number of rotatable bonds is 8. The van der Waals surface area contributed by atoms with Crippen LogP contribution in [0.3, 0.4) is 0 Å². The molecule has 0 aliphatic rings. The Hall–Kier alpha value is -2.87. The van der Waals surface area contributed by atoms with Crippen LogP contribution in [-0.4, -0.2) is 53.5 Å². The fourth-order valence-electron chi connectivity index (χ4n) is 3.59. The molecule has 1 aromatic carbocycles. The highest BCUT2D eigenvalue weighted by Gasteiger charge is 2.36. The van der Waals surface area contributed by atoms with E-state index < -0.39 is 58.5 Å². The molecule has 14 heteroatoms. The fraction of sp³-hybridized carbons (Fsp3) is 0.586. The number of carbonyl (C=O) groups excluding carboxylic acids is 3. The summed E-state index contributed by atoms with van der Waals surface area (Å²) < 4.78 is 57.4. The topological polar surface area (TPSA) is 107 Å². The van der Waals surface area contributed by atoms with E-state index in [0.29, 0.717) is 9.35 Å². The largest absolute Gasteiger partial charge is 0.465 e. The minimum atomic E-state index is -4.58. The van der Waals surface area contributed by atoms with E-state index in [-0.39, 0.29) is 18.3 Å². The Kier molecular flexibility index (Phi) is 11.7. The zero-order chi connectivity index (χ0) is 33.0. The highest BCUT2D eigenvalue weighted by Crippen LogP contribution is 2.33. The van der Waals surface area contributed by atoms with Crippen LogP contribution < -0.4 is 10.2 Å². The second-order valence-corrected chi connectivity index (χ2v) is 15.3. The molecule has 1 N–H and O–H groups in total. The summed E-state index contributed by atoms with van der Waals surface area (Å²) in [6.07, 6.45) is -4.71. The maximum atomic E-state index is 13.4. The Balaban J connectivity index is 2.65. The average molecular weight is 695 g/mol. The zero-order valence-corrected chi connectivity index (χ0v) is 28.1. The van der Waals surface area contributed by atoms with Crippen LogP contribution in [0.1, 0.15) is 79.4 Å². The van der Waals surface area contributed by atoms with Crippen molar-refractivity contribution in [3.05, 3.63) is 45.4 Å². The number of nitrogens with zero attached hydrogens (tertiary/aromatic N) is 2. The first kappa shape index (κ1) is 36.3. The maximum absolute atomic E-state index is 13.4. The standard InChI is InChI=1S/C29H39BrF3N3O6S/c1-26(2,3)22(37)40-16-19(17-10-12-18(13-11-17)29(31,32)33)20(35-24(38)41-27(4,5)6)15-36(23-34-14-21(30)43-23)25(39)42-28(7,8)9/h10-14,19-20H,15-16H2,1-9H3,(H,35,38)/t19-,20+/m0/s1. The summed E-state index contributed by atoms with van der Waals surface area (Å²) >= 11 is 4.47. The molecule has 2 amide bonds. The van der Waals surface area contributed by atoms with E-state index in [4.69, 9.17) is 14.2 Å². The molecule has 0 aliphatic carbocycles. The van der Waals surface area contributed by atoms with Crippen molar-refractivity contribution < 1.29 is 41.8 Å². The predicted octanol–water partition coefficient (Wildman–Crippen LogP) is 7.93. The van der Waals surface area contributed by atoms with Gasteiger partial charge >= 0.3 is 24.3 Å². The van der Waals surface area contributed by atoms with Crippen molar-refractivity contribution in [2.75, 3.05) is 18.1 Å². The first-order valence-electron chi connectivity index (χ1n) is 13.4. The van der Waals surface area contributed by atoms with E-state index in [1.807, 2.05) is 0 Å². The second kappa shape index (κ2) is 13.8. The molecular weight excluding hydrogens is 655 g/mol. The van der Waals surface area contributed by atoms with Crippen molar-refractivity contribution in [3.63, 3.8) is 0 Å². The van der Waals surface area contributed by atoms with Gasteiger partial charge in [-0.3, -0.25) is 9.69 Å². The van der Waals surface area contributed by atoms with Gasteiger partial charge in [0.15, 0.2) is 5.13 Å². The summed E-state index contributed by atoms with van der Waals surface area (Å²) in [6.45, 7) is 14.5. The van der Waals surface area contributed by atoms with Crippen LogP contribution in [0.2, 0.25) is 0 Å². The number of halogens is 4. The van der Waals surface area contributed by atoms with Crippen molar-refractivity contribution >= 4 is 50.6 Å². The van der Waals surface area contributed by atoms with Gasteiger partial charge < -0.3 is 19.5 Å². The van der Waals surface area contributed by atoms with Gasteiger partial charge in [0.2, 0.25) is 0 Å². The lowest BCUT2D eigenvalue weighted by atomic mass is 9.90. The molecule has 0 spiro atoms. The number of hydrogen-bond acceptors (Lipinski definition) is 8. The van der Waals surface area contributed by atoms with Crippen molar-refractivity contribution in [2.24, 2.45) is 5.41 Å². The van der Waals surface area contributed by atoms with E-state index in [0.717, 1.165) is 23.5 Å². The third-order valence-corrected chi connectivity index (χ3v) is 7.05. The van der Waals surface area contributed by atoms with Crippen molar-refractivity contribution in [1.82, 2.24) is 10.3 Å². The number of thiazole rings is 1. The molecule has 0 unspecified atom stereocenters. The molecule has 0 saturated heterocycles. The molecule has 240 valence electrons. The van der Waals surface area contributed by atoms with E-state index in [1.54, 1.807) is 62.3 Å². The van der Waals surface area contributed by atoms with Crippen molar-refractivity contribution in [3.8, 4) is 0 Å². The number of hydrogen-bond donors (Lipinski definition) is 1. The Morgan fingerprint density at radius 2 is 1.51 bits per heavy atom. The van der Waals surface area contributed by atoms with E-state index >= 15 is 0 Å². The molecule has 1 aromatic heterocycles. The highest BCUT2D eigenvalue weighted by atomic mass is 79.9. The maximum Gasteiger partial charge on any atom is 0.416 e. The van der Waals surface area contributed by atoms with E-state index in [9.17, 15) is 27.6 Å².